The quantitative estimate of drug-likeness (QED) is 0.294. The van der Waals surface area contributed by atoms with Crippen LogP contribution in [-0.2, 0) is 39.7 Å². The number of hydrogen-bond acceptors (Lipinski definition) is 7. The molecule has 1 unspecified atom stereocenters. The maximum atomic E-state index is 11.2. The van der Waals surface area contributed by atoms with Gasteiger partial charge in [0.2, 0.25) is 5.76 Å². The van der Waals surface area contributed by atoms with E-state index in [0.717, 1.165) is 11.5 Å². The molecule has 0 spiro atoms. The summed E-state index contributed by atoms with van der Waals surface area (Å²) in [6, 6.07) is 0. The van der Waals surface area contributed by atoms with Gasteiger partial charge >= 0.3 is 17.9 Å². The fraction of sp³-hybridized carbons (Fsp3) is 0. The number of carbonyl (C=O) groups excluding carboxylic acids is 3. The molecule has 90 valence electrons. The second-order valence-electron chi connectivity index (χ2n) is 2.57. The van der Waals surface area contributed by atoms with Gasteiger partial charge in [0.05, 0.1) is 16.2 Å². The van der Waals surface area contributed by atoms with Crippen molar-refractivity contribution in [3.8, 4) is 0 Å². The molecule has 1 aliphatic rings. The minimum Gasteiger partial charge on any atom is -0.414 e. The topological polar surface area (TPSA) is 96.0 Å². The van der Waals surface area contributed by atoms with Crippen molar-refractivity contribution in [1.29, 1.82) is 0 Å². The monoisotopic (exact) mass is 258 g/mol. The predicted molar refractivity (Wildman–Crippen MR) is 53.8 cm³/mol. The maximum absolute atomic E-state index is 11.2. The third kappa shape index (κ3) is 3.11. The van der Waals surface area contributed by atoms with Crippen molar-refractivity contribution in [2.24, 2.45) is 0 Å². The van der Waals surface area contributed by atoms with Crippen molar-refractivity contribution >= 4 is 28.7 Å². The molecular formula is C9H6O7S. The summed E-state index contributed by atoms with van der Waals surface area (Å²) in [5, 5.41) is 0.813. The van der Waals surface area contributed by atoms with E-state index in [1.54, 1.807) is 0 Å². The van der Waals surface area contributed by atoms with Gasteiger partial charge in [-0.1, -0.05) is 13.2 Å². The van der Waals surface area contributed by atoms with E-state index in [9.17, 15) is 18.6 Å². The van der Waals surface area contributed by atoms with E-state index in [0.29, 0.717) is 0 Å². The Kier molecular flexibility index (Phi) is 3.94. The molecule has 0 aromatic heterocycles. The van der Waals surface area contributed by atoms with E-state index in [1.807, 2.05) is 0 Å². The van der Waals surface area contributed by atoms with Gasteiger partial charge in [0.1, 0.15) is 4.91 Å². The van der Waals surface area contributed by atoms with Gasteiger partial charge in [-0.2, -0.15) is 0 Å². The molecule has 1 aliphatic heterocycles. The highest BCUT2D eigenvalue weighted by atomic mass is 32.2. The third-order valence-electron chi connectivity index (χ3n) is 1.45. The highest BCUT2D eigenvalue weighted by Crippen LogP contribution is 2.17. The molecule has 0 radical (unpaired) electrons. The summed E-state index contributed by atoms with van der Waals surface area (Å²) in [6.45, 7) is 6.25. The van der Waals surface area contributed by atoms with E-state index in [1.165, 1.54) is 0 Å². The molecule has 0 aromatic carbocycles. The molecule has 0 N–H and O–H groups in total. The van der Waals surface area contributed by atoms with Gasteiger partial charge in [-0.15, -0.1) is 0 Å². The third-order valence-corrected chi connectivity index (χ3v) is 2.54. The lowest BCUT2D eigenvalue weighted by atomic mass is 10.5. The summed E-state index contributed by atoms with van der Waals surface area (Å²) in [6.07, 6.45) is 0.758. The first-order valence-corrected chi connectivity index (χ1v) is 5.25. The Morgan fingerprint density at radius 1 is 1.41 bits per heavy atom. The second kappa shape index (κ2) is 5.21. The molecule has 0 fully saturated rings. The number of hydrogen-bond donors (Lipinski definition) is 0. The van der Waals surface area contributed by atoms with Crippen LogP contribution in [0.4, 0.5) is 0 Å². The minimum absolute atomic E-state index is 0.301. The van der Waals surface area contributed by atoms with Crippen LogP contribution in [0.15, 0.2) is 35.3 Å². The number of rotatable bonds is 2. The lowest BCUT2D eigenvalue weighted by Crippen LogP contribution is -2.22. The molecule has 0 aliphatic carbocycles. The molecule has 8 heteroatoms. The first-order valence-electron chi connectivity index (χ1n) is 4.04. The number of cyclic esters (lactones) is 1. The number of ether oxygens (including phenoxy) is 1. The van der Waals surface area contributed by atoms with Crippen molar-refractivity contribution < 1.29 is 33.1 Å². The van der Waals surface area contributed by atoms with Crippen molar-refractivity contribution in [1.82, 2.24) is 0 Å². The SMILES string of the molecule is C=CC(=O)OOC(=O)C1=CS(=O)C(=C)C(=O)O1. The molecule has 0 saturated carbocycles. The zero-order valence-electron chi connectivity index (χ0n) is 8.33. The zero-order valence-corrected chi connectivity index (χ0v) is 9.15. The van der Waals surface area contributed by atoms with E-state index >= 15 is 0 Å². The highest BCUT2D eigenvalue weighted by Gasteiger charge is 2.29. The zero-order chi connectivity index (χ0) is 13.0. The van der Waals surface area contributed by atoms with Crippen LogP contribution in [-0.4, -0.2) is 22.1 Å². The van der Waals surface area contributed by atoms with Crippen LogP contribution < -0.4 is 0 Å². The number of carbonyl (C=O) groups is 3. The molecule has 1 rings (SSSR count). The van der Waals surface area contributed by atoms with Crippen molar-refractivity contribution in [2.45, 2.75) is 0 Å². The van der Waals surface area contributed by atoms with Crippen LogP contribution in [0.1, 0.15) is 0 Å². The van der Waals surface area contributed by atoms with Crippen LogP contribution in [0.5, 0.6) is 0 Å². The summed E-state index contributed by atoms with van der Waals surface area (Å²) in [7, 11) is -1.87. The Hall–Kier alpha value is -2.22. The summed E-state index contributed by atoms with van der Waals surface area (Å²) in [5.74, 6) is -3.94. The molecule has 1 heterocycles. The predicted octanol–water partition coefficient (Wildman–Crippen LogP) is -0.166. The average Bonchev–Trinajstić information content (AvgIpc) is 2.31. The Bertz CT molecular complexity index is 474. The molecule has 0 aromatic rings. The van der Waals surface area contributed by atoms with E-state index in [4.69, 9.17) is 0 Å². The normalized spacial score (nSPS) is 18.8. The van der Waals surface area contributed by atoms with Gasteiger partial charge in [0.25, 0.3) is 0 Å². The van der Waals surface area contributed by atoms with E-state index in [-0.39, 0.29) is 4.91 Å². The van der Waals surface area contributed by atoms with Crippen LogP contribution in [0, 0.1) is 0 Å². The molecule has 0 bridgehead atoms. The highest BCUT2D eigenvalue weighted by molar-refractivity contribution is 7.93. The number of esters is 1. The van der Waals surface area contributed by atoms with Crippen LogP contribution in [0.25, 0.3) is 0 Å². The standard InChI is InChI=1S/C9H6O7S/c1-3-7(10)15-16-9(12)6-4-17(13)5(2)8(11)14-6/h3-4H,1-2H2. The molecule has 1 atom stereocenters. The van der Waals surface area contributed by atoms with Crippen molar-refractivity contribution in [3.05, 3.63) is 35.3 Å². The first-order chi connectivity index (χ1) is 7.95. The molecule has 0 saturated heterocycles. The Morgan fingerprint density at radius 2 is 2.06 bits per heavy atom. The summed E-state index contributed by atoms with van der Waals surface area (Å²) in [4.78, 5) is 40.4. The van der Waals surface area contributed by atoms with Gasteiger partial charge in [0, 0.05) is 6.08 Å². The summed E-state index contributed by atoms with van der Waals surface area (Å²) in [5.41, 5.74) is 0. The summed E-state index contributed by atoms with van der Waals surface area (Å²) < 4.78 is 15.7. The van der Waals surface area contributed by atoms with E-state index in [2.05, 4.69) is 27.7 Å². The molecule has 0 amide bonds. The van der Waals surface area contributed by atoms with E-state index < -0.39 is 34.5 Å². The minimum atomic E-state index is -1.87. The van der Waals surface area contributed by atoms with Gasteiger partial charge in [0.15, 0.2) is 0 Å². The Labute approximate surface area is 97.7 Å². The maximum Gasteiger partial charge on any atom is 0.421 e. The van der Waals surface area contributed by atoms with Crippen molar-refractivity contribution in [3.63, 3.8) is 0 Å². The Balaban J connectivity index is 2.71. The molecule has 7 nitrogen and oxygen atoms in total. The van der Waals surface area contributed by atoms with Crippen molar-refractivity contribution in [2.75, 3.05) is 0 Å². The smallest absolute Gasteiger partial charge is 0.414 e. The van der Waals surface area contributed by atoms with Gasteiger partial charge in [-0.3, -0.25) is 0 Å². The lowest BCUT2D eigenvalue weighted by molar-refractivity contribution is -0.253. The van der Waals surface area contributed by atoms with Crippen LogP contribution in [0.3, 0.4) is 0 Å². The lowest BCUT2D eigenvalue weighted by Gasteiger charge is -2.11. The van der Waals surface area contributed by atoms with Gasteiger partial charge in [-0.05, 0) is 0 Å². The van der Waals surface area contributed by atoms with Gasteiger partial charge < -0.3 is 4.74 Å². The average molecular weight is 258 g/mol. The second-order valence-corrected chi connectivity index (χ2v) is 3.89. The van der Waals surface area contributed by atoms with Crippen LogP contribution >= 0.6 is 0 Å². The molecule has 17 heavy (non-hydrogen) atoms. The first kappa shape index (κ1) is 12.8. The van der Waals surface area contributed by atoms with Gasteiger partial charge in [-0.25, -0.2) is 28.4 Å². The summed E-state index contributed by atoms with van der Waals surface area (Å²) >= 11 is 0. The fourth-order valence-corrected chi connectivity index (χ4v) is 1.36. The molecular weight excluding hydrogens is 252 g/mol. The fourth-order valence-electron chi connectivity index (χ4n) is 0.675. The van der Waals surface area contributed by atoms with Crippen LogP contribution in [0.2, 0.25) is 0 Å². The largest absolute Gasteiger partial charge is 0.421 e. The Morgan fingerprint density at radius 3 is 2.59 bits per heavy atom.